The van der Waals surface area contributed by atoms with Gasteiger partial charge in [0.2, 0.25) is 0 Å². The number of nitrogens with zero attached hydrogens (tertiary/aromatic N) is 2. The van der Waals surface area contributed by atoms with E-state index in [1.807, 2.05) is 50.4 Å². The number of ether oxygens (including phenoxy) is 1. The summed E-state index contributed by atoms with van der Waals surface area (Å²) in [5.41, 5.74) is 12.7. The van der Waals surface area contributed by atoms with Crippen LogP contribution in [-0.4, -0.2) is 24.3 Å². The quantitative estimate of drug-likeness (QED) is 0.173. The molecular formula is C28H36N6O2S. The zero-order valence-electron chi connectivity index (χ0n) is 22.5. The number of aromatic nitrogens is 1. The number of aryl methyl sites for hydroxylation is 2. The number of rotatable bonds is 8. The molecule has 0 aliphatic rings. The topological polar surface area (TPSA) is 119 Å². The van der Waals surface area contributed by atoms with E-state index in [9.17, 15) is 4.79 Å². The first-order valence-electron chi connectivity index (χ1n) is 11.8. The third-order valence-corrected chi connectivity index (χ3v) is 6.39. The number of hydrazine groups is 1. The number of methoxy groups -OCH3 is 1. The molecule has 3 rings (SSSR count). The molecule has 6 N–H and O–H groups in total. The molecule has 8 nitrogen and oxygen atoms in total. The minimum atomic E-state index is -0.283. The Balaban J connectivity index is 1.95. The van der Waals surface area contributed by atoms with Crippen LogP contribution in [0.4, 0.5) is 17.1 Å². The van der Waals surface area contributed by atoms with Crippen molar-refractivity contribution in [3.05, 3.63) is 82.8 Å². The van der Waals surface area contributed by atoms with Gasteiger partial charge in [-0.25, -0.2) is 5.84 Å². The van der Waals surface area contributed by atoms with E-state index >= 15 is 0 Å². The lowest BCUT2D eigenvalue weighted by Gasteiger charge is -2.24. The molecule has 0 aliphatic carbocycles. The molecule has 0 spiro atoms. The van der Waals surface area contributed by atoms with Crippen molar-refractivity contribution in [1.82, 2.24) is 4.98 Å². The second-order valence-corrected chi connectivity index (χ2v) is 10.4. The SMILES string of the molecule is COc1c(NSC)cc(C(C)(C)C)cc1NC(=O)c1ccc(C)c(N(N)/C=C(\N)c2cccnc2C)c1. The van der Waals surface area contributed by atoms with Crippen molar-refractivity contribution in [3.8, 4) is 5.75 Å². The van der Waals surface area contributed by atoms with Crippen molar-refractivity contribution < 1.29 is 9.53 Å². The summed E-state index contributed by atoms with van der Waals surface area (Å²) in [6.45, 7) is 10.2. The van der Waals surface area contributed by atoms with Gasteiger partial charge in [0.15, 0.2) is 5.75 Å². The second kappa shape index (κ2) is 11.6. The minimum Gasteiger partial charge on any atom is -0.492 e. The number of carbonyl (C=O) groups excluding carboxylic acids is 1. The molecule has 0 radical (unpaired) electrons. The molecule has 0 unspecified atom stereocenters. The molecule has 2 aromatic carbocycles. The number of hydrogen-bond acceptors (Lipinski definition) is 8. The van der Waals surface area contributed by atoms with Crippen molar-refractivity contribution in [2.45, 2.75) is 40.0 Å². The monoisotopic (exact) mass is 520 g/mol. The van der Waals surface area contributed by atoms with E-state index in [1.54, 1.807) is 31.6 Å². The number of pyridine rings is 1. The largest absolute Gasteiger partial charge is 0.492 e. The molecule has 0 bridgehead atoms. The number of benzene rings is 2. The van der Waals surface area contributed by atoms with Crippen molar-refractivity contribution in [2.24, 2.45) is 11.6 Å². The molecule has 0 atom stereocenters. The van der Waals surface area contributed by atoms with Gasteiger partial charge in [-0.05, 0) is 66.8 Å². The summed E-state index contributed by atoms with van der Waals surface area (Å²) in [6.07, 6.45) is 5.28. The van der Waals surface area contributed by atoms with Crippen LogP contribution in [0.25, 0.3) is 5.70 Å². The highest BCUT2D eigenvalue weighted by atomic mass is 32.2. The lowest BCUT2D eigenvalue weighted by Crippen LogP contribution is -2.27. The van der Waals surface area contributed by atoms with Crippen molar-refractivity contribution >= 4 is 40.6 Å². The van der Waals surface area contributed by atoms with E-state index in [-0.39, 0.29) is 11.3 Å². The van der Waals surface area contributed by atoms with Crippen LogP contribution in [0, 0.1) is 13.8 Å². The van der Waals surface area contributed by atoms with Crippen LogP contribution in [-0.2, 0) is 5.41 Å². The normalized spacial score (nSPS) is 11.7. The summed E-state index contributed by atoms with van der Waals surface area (Å²) >= 11 is 1.46. The fraction of sp³-hybridized carbons (Fsp3) is 0.286. The lowest BCUT2D eigenvalue weighted by molar-refractivity contribution is 0.102. The molecular weight excluding hydrogens is 484 g/mol. The van der Waals surface area contributed by atoms with Gasteiger partial charge in [0.25, 0.3) is 5.91 Å². The first-order valence-corrected chi connectivity index (χ1v) is 13.1. The van der Waals surface area contributed by atoms with E-state index in [1.165, 1.54) is 17.0 Å². The van der Waals surface area contributed by atoms with Crippen LogP contribution in [0.3, 0.4) is 0 Å². The van der Waals surface area contributed by atoms with E-state index < -0.39 is 0 Å². The highest BCUT2D eigenvalue weighted by Gasteiger charge is 2.21. The highest BCUT2D eigenvalue weighted by Crippen LogP contribution is 2.39. The summed E-state index contributed by atoms with van der Waals surface area (Å²) in [6, 6.07) is 13.1. The highest BCUT2D eigenvalue weighted by molar-refractivity contribution is 7.99. The Morgan fingerprint density at radius 1 is 1.14 bits per heavy atom. The molecule has 9 heteroatoms. The lowest BCUT2D eigenvalue weighted by atomic mass is 9.86. The average molecular weight is 521 g/mol. The van der Waals surface area contributed by atoms with Gasteiger partial charge in [-0.2, -0.15) is 0 Å². The van der Waals surface area contributed by atoms with E-state index in [0.717, 1.165) is 28.1 Å². The van der Waals surface area contributed by atoms with Crippen LogP contribution >= 0.6 is 11.9 Å². The zero-order valence-corrected chi connectivity index (χ0v) is 23.3. The maximum Gasteiger partial charge on any atom is 0.255 e. The fourth-order valence-corrected chi connectivity index (χ4v) is 4.23. The van der Waals surface area contributed by atoms with E-state index in [0.29, 0.717) is 28.4 Å². The summed E-state index contributed by atoms with van der Waals surface area (Å²) < 4.78 is 8.92. The van der Waals surface area contributed by atoms with Gasteiger partial charge < -0.3 is 20.5 Å². The van der Waals surface area contributed by atoms with E-state index in [4.69, 9.17) is 16.3 Å². The zero-order chi connectivity index (χ0) is 27.3. The molecule has 196 valence electrons. The Bertz CT molecular complexity index is 1320. The Labute approximate surface area is 223 Å². The first kappa shape index (κ1) is 27.9. The average Bonchev–Trinajstić information content (AvgIpc) is 2.83. The van der Waals surface area contributed by atoms with Gasteiger partial charge in [0.1, 0.15) is 0 Å². The maximum atomic E-state index is 13.4. The molecule has 1 amide bonds. The predicted molar refractivity (Wildman–Crippen MR) is 156 cm³/mol. The van der Waals surface area contributed by atoms with Gasteiger partial charge in [0, 0.05) is 35.5 Å². The molecule has 0 fully saturated rings. The number of nitrogens with two attached hydrogens (primary N) is 2. The first-order chi connectivity index (χ1) is 17.5. The van der Waals surface area contributed by atoms with Gasteiger partial charge in [0.05, 0.1) is 29.9 Å². The molecule has 0 saturated carbocycles. The maximum absolute atomic E-state index is 13.4. The number of amides is 1. The van der Waals surface area contributed by atoms with Crippen LogP contribution in [0.15, 0.2) is 54.9 Å². The van der Waals surface area contributed by atoms with Crippen molar-refractivity contribution in [1.29, 1.82) is 0 Å². The van der Waals surface area contributed by atoms with Crippen LogP contribution in [0.5, 0.6) is 5.75 Å². The molecule has 3 aromatic rings. The third kappa shape index (κ3) is 6.55. The summed E-state index contributed by atoms with van der Waals surface area (Å²) in [5.74, 6) is 6.64. The van der Waals surface area contributed by atoms with Gasteiger partial charge in [-0.15, -0.1) is 0 Å². The number of carbonyl (C=O) groups is 1. The third-order valence-electron chi connectivity index (χ3n) is 5.96. The van der Waals surface area contributed by atoms with Crippen molar-refractivity contribution in [2.75, 3.05) is 28.4 Å². The molecule has 1 aromatic heterocycles. The van der Waals surface area contributed by atoms with Crippen LogP contribution in [0.1, 0.15) is 53.5 Å². The second-order valence-electron chi connectivity index (χ2n) is 9.74. The standard InChI is InChI=1S/C28H36N6O2S/c1-17-10-11-19(13-25(17)34(30)16-22(29)21-9-8-12-31-18(21)2)27(35)32-23-14-20(28(3,4)5)15-24(33-37-7)26(23)36-6/h8-16,33H,29-30H2,1-7H3,(H,32,35)/b22-16-. The Hall–Kier alpha value is -3.69. The molecule has 0 aliphatic heterocycles. The van der Waals surface area contributed by atoms with Gasteiger partial charge in [-0.1, -0.05) is 38.8 Å². The summed E-state index contributed by atoms with van der Waals surface area (Å²) in [5, 5.41) is 4.45. The summed E-state index contributed by atoms with van der Waals surface area (Å²) in [7, 11) is 1.59. The molecule has 0 saturated heterocycles. The van der Waals surface area contributed by atoms with Gasteiger partial charge in [-0.3, -0.25) is 14.8 Å². The summed E-state index contributed by atoms with van der Waals surface area (Å²) in [4.78, 5) is 17.7. The smallest absolute Gasteiger partial charge is 0.255 e. The Morgan fingerprint density at radius 3 is 2.46 bits per heavy atom. The van der Waals surface area contributed by atoms with Gasteiger partial charge >= 0.3 is 0 Å². The Morgan fingerprint density at radius 2 is 1.84 bits per heavy atom. The number of hydrogen-bond donors (Lipinski definition) is 4. The Kier molecular flexibility index (Phi) is 8.73. The molecule has 1 heterocycles. The van der Waals surface area contributed by atoms with E-state index in [2.05, 4.69) is 35.8 Å². The molecule has 37 heavy (non-hydrogen) atoms. The van der Waals surface area contributed by atoms with Crippen LogP contribution in [0.2, 0.25) is 0 Å². The van der Waals surface area contributed by atoms with Crippen molar-refractivity contribution in [3.63, 3.8) is 0 Å². The number of anilines is 3. The fourth-order valence-electron chi connectivity index (χ4n) is 3.86. The minimum absolute atomic E-state index is 0.128. The van der Waals surface area contributed by atoms with Crippen LogP contribution < -0.4 is 31.4 Å². The number of nitrogens with one attached hydrogen (secondary N) is 2. The predicted octanol–water partition coefficient (Wildman–Crippen LogP) is 5.58.